The van der Waals surface area contributed by atoms with Crippen LogP contribution in [0.5, 0.6) is 5.75 Å². The molecule has 0 saturated heterocycles. The minimum atomic E-state index is -1.16. The molecule has 3 aromatic carbocycles. The van der Waals surface area contributed by atoms with E-state index in [-0.39, 0.29) is 5.82 Å². The van der Waals surface area contributed by atoms with Crippen molar-refractivity contribution >= 4 is 32.7 Å². The highest BCUT2D eigenvalue weighted by Crippen LogP contribution is 2.31. The van der Waals surface area contributed by atoms with Crippen LogP contribution in [-0.2, 0) is 17.8 Å². The lowest BCUT2D eigenvalue weighted by Crippen LogP contribution is -2.25. The van der Waals surface area contributed by atoms with Gasteiger partial charge in [0.25, 0.3) is 0 Å². The fourth-order valence-electron chi connectivity index (χ4n) is 3.38. The third-order valence-electron chi connectivity index (χ3n) is 5.10. The van der Waals surface area contributed by atoms with Gasteiger partial charge < -0.3 is 14.7 Å². The summed E-state index contributed by atoms with van der Waals surface area (Å²) in [6.07, 6.45) is 0.782. The standard InChI is InChI=1S/C26H21FN2O3S/c1-32-21-12-9-19(10-13-21)15-16-29(26-28-23-4-2-3-22(27)25(23)33-26)17-20-7-5-18(6-8-20)11-14-24(30)31/h2-10,12-13H,15-17H2,1H3,(H,30,31). The van der Waals surface area contributed by atoms with Crippen molar-refractivity contribution in [3.8, 4) is 17.6 Å². The number of rotatable bonds is 7. The third-order valence-corrected chi connectivity index (χ3v) is 6.24. The number of aromatic nitrogens is 1. The first kappa shape index (κ1) is 22.3. The zero-order valence-electron chi connectivity index (χ0n) is 17.9. The Morgan fingerprint density at radius 3 is 2.48 bits per heavy atom. The van der Waals surface area contributed by atoms with Crippen LogP contribution in [0.2, 0.25) is 0 Å². The number of carboxylic acids is 1. The molecule has 0 fully saturated rings. The lowest BCUT2D eigenvalue weighted by Gasteiger charge is -2.22. The van der Waals surface area contributed by atoms with Gasteiger partial charge in [0.1, 0.15) is 11.6 Å². The van der Waals surface area contributed by atoms with Crippen molar-refractivity contribution in [1.29, 1.82) is 0 Å². The Morgan fingerprint density at radius 2 is 1.82 bits per heavy atom. The minimum absolute atomic E-state index is 0.271. The van der Waals surface area contributed by atoms with Crippen molar-refractivity contribution in [3.63, 3.8) is 0 Å². The van der Waals surface area contributed by atoms with Crippen LogP contribution in [0.25, 0.3) is 10.2 Å². The molecule has 1 heterocycles. The molecule has 0 aliphatic carbocycles. The molecule has 4 rings (SSSR count). The van der Waals surface area contributed by atoms with Crippen molar-refractivity contribution in [2.24, 2.45) is 0 Å². The fraction of sp³-hybridized carbons (Fsp3) is 0.154. The summed E-state index contributed by atoms with van der Waals surface area (Å²) >= 11 is 1.34. The number of benzene rings is 3. The highest BCUT2D eigenvalue weighted by atomic mass is 32.1. The monoisotopic (exact) mass is 460 g/mol. The van der Waals surface area contributed by atoms with Crippen LogP contribution in [0.1, 0.15) is 16.7 Å². The van der Waals surface area contributed by atoms with E-state index in [1.807, 2.05) is 42.5 Å². The average molecular weight is 461 g/mol. The number of hydrogen-bond acceptors (Lipinski definition) is 5. The summed E-state index contributed by atoms with van der Waals surface area (Å²) in [5, 5.41) is 9.46. The first-order chi connectivity index (χ1) is 16.0. The smallest absolute Gasteiger partial charge is 0.382 e. The number of carbonyl (C=O) groups is 1. The number of carboxylic acid groups (broad SMARTS) is 1. The molecule has 33 heavy (non-hydrogen) atoms. The van der Waals surface area contributed by atoms with Crippen LogP contribution in [0.3, 0.4) is 0 Å². The minimum Gasteiger partial charge on any atom is -0.497 e. The zero-order chi connectivity index (χ0) is 23.2. The van der Waals surface area contributed by atoms with Crippen LogP contribution in [0, 0.1) is 17.7 Å². The number of halogens is 1. The Kier molecular flexibility index (Phi) is 6.86. The lowest BCUT2D eigenvalue weighted by atomic mass is 10.1. The molecule has 0 radical (unpaired) electrons. The van der Waals surface area contributed by atoms with Crippen LogP contribution in [-0.4, -0.2) is 29.7 Å². The van der Waals surface area contributed by atoms with Crippen LogP contribution >= 0.6 is 11.3 Å². The molecule has 0 spiro atoms. The van der Waals surface area contributed by atoms with Gasteiger partial charge in [0.15, 0.2) is 5.13 Å². The van der Waals surface area contributed by atoms with Gasteiger partial charge in [-0.15, -0.1) is 0 Å². The summed E-state index contributed by atoms with van der Waals surface area (Å²) in [6, 6.07) is 20.3. The van der Waals surface area contributed by atoms with Crippen molar-refractivity contribution < 1.29 is 19.0 Å². The van der Waals surface area contributed by atoms with E-state index in [1.165, 1.54) is 17.4 Å². The topological polar surface area (TPSA) is 62.7 Å². The van der Waals surface area contributed by atoms with Crippen LogP contribution in [0.15, 0.2) is 66.7 Å². The Hall–Kier alpha value is -3.89. The largest absolute Gasteiger partial charge is 0.497 e. The summed E-state index contributed by atoms with van der Waals surface area (Å²) in [5.74, 6) is 4.11. The maximum absolute atomic E-state index is 14.3. The van der Waals surface area contributed by atoms with Gasteiger partial charge in [0.05, 0.1) is 17.3 Å². The summed E-state index contributed by atoms with van der Waals surface area (Å²) in [7, 11) is 1.64. The lowest BCUT2D eigenvalue weighted by molar-refractivity contribution is -0.130. The van der Waals surface area contributed by atoms with E-state index in [0.29, 0.717) is 28.9 Å². The number of ether oxygens (including phenoxy) is 1. The molecule has 0 bridgehead atoms. The van der Waals surface area contributed by atoms with Gasteiger partial charge >= 0.3 is 5.97 Å². The first-order valence-electron chi connectivity index (χ1n) is 10.3. The Balaban J connectivity index is 1.58. The van der Waals surface area contributed by atoms with E-state index in [9.17, 15) is 9.18 Å². The van der Waals surface area contributed by atoms with E-state index in [2.05, 4.69) is 21.7 Å². The molecule has 0 amide bonds. The Labute approximate surface area is 195 Å². The van der Waals surface area contributed by atoms with Gasteiger partial charge in [-0.25, -0.2) is 14.2 Å². The van der Waals surface area contributed by atoms with Gasteiger partial charge in [-0.05, 0) is 53.9 Å². The number of thiazole rings is 1. The molecule has 7 heteroatoms. The SMILES string of the molecule is COc1ccc(CCN(Cc2ccc(C#CC(=O)O)cc2)c2nc3cccc(F)c3s2)cc1. The van der Waals surface area contributed by atoms with Crippen molar-refractivity contribution in [1.82, 2.24) is 4.98 Å². The summed E-state index contributed by atoms with van der Waals surface area (Å²) in [4.78, 5) is 17.4. The zero-order valence-corrected chi connectivity index (χ0v) is 18.7. The number of hydrogen-bond donors (Lipinski definition) is 1. The molecule has 0 aliphatic heterocycles. The summed E-state index contributed by atoms with van der Waals surface area (Å²) in [6.45, 7) is 1.26. The maximum atomic E-state index is 14.3. The van der Waals surface area contributed by atoms with Gasteiger partial charge in [-0.2, -0.15) is 0 Å². The second-order valence-electron chi connectivity index (χ2n) is 7.36. The third kappa shape index (κ3) is 5.68. The number of methoxy groups -OCH3 is 1. The molecule has 1 N–H and O–H groups in total. The second-order valence-corrected chi connectivity index (χ2v) is 8.33. The maximum Gasteiger partial charge on any atom is 0.382 e. The quantitative estimate of drug-likeness (QED) is 0.388. The molecular formula is C26H21FN2O3S. The van der Waals surface area contributed by atoms with Gasteiger partial charge in [-0.1, -0.05) is 47.6 Å². The number of nitrogens with zero attached hydrogens (tertiary/aromatic N) is 2. The van der Waals surface area contributed by atoms with Crippen LogP contribution in [0.4, 0.5) is 9.52 Å². The number of fused-ring (bicyclic) bond motifs is 1. The van der Waals surface area contributed by atoms with Crippen LogP contribution < -0.4 is 9.64 Å². The highest BCUT2D eigenvalue weighted by Gasteiger charge is 2.15. The molecule has 0 unspecified atom stereocenters. The van der Waals surface area contributed by atoms with E-state index >= 15 is 0 Å². The van der Waals surface area contributed by atoms with Crippen molar-refractivity contribution in [2.75, 3.05) is 18.6 Å². The molecule has 166 valence electrons. The average Bonchev–Trinajstić information content (AvgIpc) is 3.27. The molecule has 1 aromatic heterocycles. The summed E-state index contributed by atoms with van der Waals surface area (Å²) in [5.41, 5.74) is 3.45. The molecule has 0 saturated carbocycles. The van der Waals surface area contributed by atoms with E-state index in [4.69, 9.17) is 9.84 Å². The number of anilines is 1. The molecule has 0 aliphatic rings. The van der Waals surface area contributed by atoms with Crippen molar-refractivity contribution in [2.45, 2.75) is 13.0 Å². The normalized spacial score (nSPS) is 10.5. The molecular weight excluding hydrogens is 439 g/mol. The predicted octanol–water partition coefficient (Wildman–Crippen LogP) is 5.13. The van der Waals surface area contributed by atoms with Gasteiger partial charge in [0, 0.05) is 24.6 Å². The van der Waals surface area contributed by atoms with Gasteiger partial charge in [-0.3, -0.25) is 0 Å². The molecule has 0 atom stereocenters. The van der Waals surface area contributed by atoms with E-state index < -0.39 is 5.97 Å². The fourth-order valence-corrected chi connectivity index (χ4v) is 4.37. The summed E-state index contributed by atoms with van der Waals surface area (Å²) < 4.78 is 20.0. The number of aliphatic carboxylic acids is 1. The Morgan fingerprint density at radius 1 is 1.09 bits per heavy atom. The predicted molar refractivity (Wildman–Crippen MR) is 128 cm³/mol. The molecule has 4 aromatic rings. The van der Waals surface area contributed by atoms with Gasteiger partial charge in [0.2, 0.25) is 0 Å². The second kappa shape index (κ2) is 10.2. The molecule has 5 nitrogen and oxygen atoms in total. The van der Waals surface area contributed by atoms with Crippen molar-refractivity contribution in [3.05, 3.63) is 89.2 Å². The highest BCUT2D eigenvalue weighted by molar-refractivity contribution is 7.22. The van der Waals surface area contributed by atoms with E-state index in [1.54, 1.807) is 25.3 Å². The first-order valence-corrected chi connectivity index (χ1v) is 11.1. The Bertz CT molecular complexity index is 1320. The van der Waals surface area contributed by atoms with E-state index in [0.717, 1.165) is 28.4 Å².